The van der Waals surface area contributed by atoms with E-state index in [1.165, 1.54) is 42.1 Å². The Balaban J connectivity index is 1.59. The van der Waals surface area contributed by atoms with Crippen LogP contribution in [-0.4, -0.2) is 6.54 Å². The third-order valence-corrected chi connectivity index (χ3v) is 4.59. The van der Waals surface area contributed by atoms with E-state index in [-0.39, 0.29) is 0 Å². The molecule has 1 N–H and O–H groups in total. The van der Waals surface area contributed by atoms with Crippen LogP contribution in [0.1, 0.15) is 31.7 Å². The third kappa shape index (κ3) is 2.98. The topological polar surface area (TPSA) is 12.0 Å². The van der Waals surface area contributed by atoms with Crippen molar-refractivity contribution in [2.45, 2.75) is 32.7 Å². The zero-order valence-electron chi connectivity index (χ0n) is 11.7. The van der Waals surface area contributed by atoms with Crippen molar-refractivity contribution in [2.75, 3.05) is 6.54 Å². The van der Waals surface area contributed by atoms with Crippen LogP contribution < -0.4 is 5.32 Å². The van der Waals surface area contributed by atoms with Gasteiger partial charge < -0.3 is 5.32 Å². The van der Waals surface area contributed by atoms with E-state index in [0.717, 1.165) is 18.4 Å². The smallest absolute Gasteiger partial charge is 0.0205 e. The van der Waals surface area contributed by atoms with Gasteiger partial charge in [-0.1, -0.05) is 56.2 Å². The molecule has 1 fully saturated rings. The lowest BCUT2D eigenvalue weighted by atomic mass is 9.98. The average Bonchev–Trinajstić information content (AvgIpc) is 2.84. The van der Waals surface area contributed by atoms with Gasteiger partial charge in [-0.3, -0.25) is 0 Å². The molecule has 1 aliphatic carbocycles. The van der Waals surface area contributed by atoms with Crippen molar-refractivity contribution < 1.29 is 0 Å². The van der Waals surface area contributed by atoms with Crippen LogP contribution in [-0.2, 0) is 6.54 Å². The molecule has 3 rings (SSSR count). The molecule has 0 aliphatic heterocycles. The quantitative estimate of drug-likeness (QED) is 0.853. The molecule has 1 aliphatic rings. The molecule has 0 amide bonds. The number of hydrogen-bond acceptors (Lipinski definition) is 1. The monoisotopic (exact) mass is 253 g/mol. The van der Waals surface area contributed by atoms with E-state index in [1.807, 2.05) is 0 Å². The van der Waals surface area contributed by atoms with Crippen molar-refractivity contribution in [1.82, 2.24) is 5.32 Å². The van der Waals surface area contributed by atoms with Crippen molar-refractivity contribution in [2.24, 2.45) is 11.8 Å². The van der Waals surface area contributed by atoms with Crippen molar-refractivity contribution >= 4 is 10.8 Å². The SMILES string of the molecule is CC1CCCC1CNCc1ccc2ccccc2c1. The molecule has 0 radical (unpaired) electrons. The normalized spacial score (nSPS) is 23.0. The number of hydrogen-bond donors (Lipinski definition) is 1. The van der Waals surface area contributed by atoms with Gasteiger partial charge in [0.1, 0.15) is 0 Å². The zero-order chi connectivity index (χ0) is 13.1. The first-order chi connectivity index (χ1) is 9.33. The highest BCUT2D eigenvalue weighted by Gasteiger charge is 2.22. The number of benzene rings is 2. The standard InChI is InChI=1S/C18H23N/c1-14-5-4-8-18(14)13-19-12-15-9-10-16-6-2-3-7-17(16)11-15/h2-3,6-7,9-11,14,18-19H,4-5,8,12-13H2,1H3. The van der Waals surface area contributed by atoms with Gasteiger partial charge in [-0.15, -0.1) is 0 Å². The summed E-state index contributed by atoms with van der Waals surface area (Å²) in [5, 5.41) is 6.31. The first-order valence-electron chi connectivity index (χ1n) is 7.51. The van der Waals surface area contributed by atoms with E-state index >= 15 is 0 Å². The second kappa shape index (κ2) is 5.75. The number of nitrogens with one attached hydrogen (secondary N) is 1. The molecule has 1 heteroatoms. The second-order valence-corrected chi connectivity index (χ2v) is 5.98. The Morgan fingerprint density at radius 3 is 2.68 bits per heavy atom. The van der Waals surface area contributed by atoms with Crippen LogP contribution in [0.5, 0.6) is 0 Å². The summed E-state index contributed by atoms with van der Waals surface area (Å²) in [5.74, 6) is 1.80. The summed E-state index contributed by atoms with van der Waals surface area (Å²) >= 11 is 0. The van der Waals surface area contributed by atoms with Crippen LogP contribution in [0.2, 0.25) is 0 Å². The third-order valence-electron chi connectivity index (χ3n) is 4.59. The van der Waals surface area contributed by atoms with Gasteiger partial charge in [0.25, 0.3) is 0 Å². The van der Waals surface area contributed by atoms with Crippen molar-refractivity contribution in [1.29, 1.82) is 0 Å². The molecule has 2 aromatic carbocycles. The largest absolute Gasteiger partial charge is 0.312 e. The Morgan fingerprint density at radius 1 is 1.05 bits per heavy atom. The molecule has 2 unspecified atom stereocenters. The first kappa shape index (κ1) is 12.7. The fourth-order valence-corrected chi connectivity index (χ4v) is 3.28. The van der Waals surface area contributed by atoms with Gasteiger partial charge in [0.15, 0.2) is 0 Å². The summed E-state index contributed by atoms with van der Waals surface area (Å²) in [7, 11) is 0. The van der Waals surface area contributed by atoms with Crippen molar-refractivity contribution in [3.05, 3.63) is 48.0 Å². The molecule has 0 spiro atoms. The Labute approximate surface area is 116 Å². The summed E-state index contributed by atoms with van der Waals surface area (Å²) in [4.78, 5) is 0. The minimum atomic E-state index is 0.889. The summed E-state index contributed by atoms with van der Waals surface area (Å²) in [6, 6.07) is 15.4. The summed E-state index contributed by atoms with van der Waals surface area (Å²) in [6.07, 6.45) is 4.25. The van der Waals surface area contributed by atoms with Gasteiger partial charge >= 0.3 is 0 Å². The van der Waals surface area contributed by atoms with Gasteiger partial charge in [-0.2, -0.15) is 0 Å². The van der Waals surface area contributed by atoms with Crippen molar-refractivity contribution in [3.8, 4) is 0 Å². The van der Waals surface area contributed by atoms with E-state index in [9.17, 15) is 0 Å². The summed E-state index contributed by atoms with van der Waals surface area (Å²) < 4.78 is 0. The van der Waals surface area contributed by atoms with Crippen LogP contribution >= 0.6 is 0 Å². The van der Waals surface area contributed by atoms with E-state index in [4.69, 9.17) is 0 Å². The van der Waals surface area contributed by atoms with Gasteiger partial charge in [-0.05, 0) is 47.2 Å². The molecule has 0 heterocycles. The minimum Gasteiger partial charge on any atom is -0.312 e. The zero-order valence-corrected chi connectivity index (χ0v) is 11.7. The molecule has 1 nitrogen and oxygen atoms in total. The molecule has 1 saturated carbocycles. The van der Waals surface area contributed by atoms with Gasteiger partial charge in [0, 0.05) is 6.54 Å². The fourth-order valence-electron chi connectivity index (χ4n) is 3.28. The lowest BCUT2D eigenvalue weighted by Gasteiger charge is -2.16. The van der Waals surface area contributed by atoms with Crippen LogP contribution in [0.3, 0.4) is 0 Å². The number of fused-ring (bicyclic) bond motifs is 1. The van der Waals surface area contributed by atoms with Crippen molar-refractivity contribution in [3.63, 3.8) is 0 Å². The minimum absolute atomic E-state index is 0.889. The molecule has 19 heavy (non-hydrogen) atoms. The molecule has 0 aromatic heterocycles. The molecule has 0 bridgehead atoms. The summed E-state index contributed by atoms with van der Waals surface area (Å²) in [5.41, 5.74) is 1.39. The van der Waals surface area contributed by atoms with E-state index in [2.05, 4.69) is 54.7 Å². The van der Waals surface area contributed by atoms with Gasteiger partial charge in [0.2, 0.25) is 0 Å². The average molecular weight is 253 g/mol. The van der Waals surface area contributed by atoms with E-state index in [1.54, 1.807) is 0 Å². The highest BCUT2D eigenvalue weighted by molar-refractivity contribution is 5.82. The maximum absolute atomic E-state index is 3.64. The molecule has 2 aromatic rings. The highest BCUT2D eigenvalue weighted by atomic mass is 14.9. The molecule has 100 valence electrons. The van der Waals surface area contributed by atoms with Gasteiger partial charge in [-0.25, -0.2) is 0 Å². The number of rotatable bonds is 4. The van der Waals surface area contributed by atoms with Gasteiger partial charge in [0.05, 0.1) is 0 Å². The van der Waals surface area contributed by atoms with E-state index < -0.39 is 0 Å². The maximum Gasteiger partial charge on any atom is 0.0205 e. The first-order valence-corrected chi connectivity index (χ1v) is 7.51. The molecule has 0 saturated heterocycles. The molecular formula is C18H23N. The van der Waals surface area contributed by atoms with Crippen LogP contribution in [0.15, 0.2) is 42.5 Å². The van der Waals surface area contributed by atoms with Crippen LogP contribution in [0.4, 0.5) is 0 Å². The highest BCUT2D eigenvalue weighted by Crippen LogP contribution is 2.30. The Kier molecular flexibility index (Phi) is 3.84. The Hall–Kier alpha value is -1.34. The summed E-state index contributed by atoms with van der Waals surface area (Å²) in [6.45, 7) is 4.57. The predicted molar refractivity (Wildman–Crippen MR) is 82.2 cm³/mol. The lowest BCUT2D eigenvalue weighted by Crippen LogP contribution is -2.23. The fraction of sp³-hybridized carbons (Fsp3) is 0.444. The predicted octanol–water partition coefficient (Wildman–Crippen LogP) is 4.37. The molecular weight excluding hydrogens is 230 g/mol. The molecule has 2 atom stereocenters. The Bertz CT molecular complexity index is 546. The Morgan fingerprint density at radius 2 is 1.89 bits per heavy atom. The van der Waals surface area contributed by atoms with Crippen LogP contribution in [0, 0.1) is 11.8 Å². The lowest BCUT2D eigenvalue weighted by molar-refractivity contribution is 0.392. The van der Waals surface area contributed by atoms with Crippen LogP contribution in [0.25, 0.3) is 10.8 Å². The van der Waals surface area contributed by atoms with E-state index in [0.29, 0.717) is 0 Å². The maximum atomic E-state index is 3.64. The second-order valence-electron chi connectivity index (χ2n) is 5.98.